The van der Waals surface area contributed by atoms with Crippen LogP contribution in [0.1, 0.15) is 0 Å². The van der Waals surface area contributed by atoms with Gasteiger partial charge in [-0.25, -0.2) is 4.98 Å². The van der Waals surface area contributed by atoms with Crippen molar-refractivity contribution in [2.75, 3.05) is 7.11 Å². The van der Waals surface area contributed by atoms with Crippen LogP contribution < -0.4 is 4.74 Å². The van der Waals surface area contributed by atoms with Crippen LogP contribution >= 0.6 is 0 Å². The van der Waals surface area contributed by atoms with E-state index in [2.05, 4.69) is 41.9 Å². The number of benzene rings is 3. The Labute approximate surface area is 128 Å². The van der Waals surface area contributed by atoms with Crippen LogP contribution in [0.15, 0.2) is 60.7 Å². The molecule has 0 saturated carbocycles. The van der Waals surface area contributed by atoms with Crippen molar-refractivity contribution in [3.05, 3.63) is 60.7 Å². The third-order valence-corrected chi connectivity index (χ3v) is 4.09. The minimum atomic E-state index is 0.878. The first-order valence-electron chi connectivity index (χ1n) is 7.26. The second kappa shape index (κ2) is 4.88. The number of hydrogen-bond donors (Lipinski definition) is 0. The Morgan fingerprint density at radius 2 is 1.68 bits per heavy atom. The zero-order chi connectivity index (χ0) is 15.1. The maximum Gasteiger partial charge on any atom is 0.140 e. The molecule has 3 nitrogen and oxygen atoms in total. The molecule has 0 unspecified atom stereocenters. The number of hydrogen-bond acceptors (Lipinski definition) is 2. The van der Waals surface area contributed by atoms with Gasteiger partial charge in [0.05, 0.1) is 18.1 Å². The van der Waals surface area contributed by atoms with Crippen LogP contribution in [0.5, 0.6) is 5.75 Å². The van der Waals surface area contributed by atoms with Crippen LogP contribution in [0.3, 0.4) is 0 Å². The molecule has 0 bridgehead atoms. The van der Waals surface area contributed by atoms with Crippen molar-refractivity contribution in [3.8, 4) is 17.1 Å². The summed E-state index contributed by atoms with van der Waals surface area (Å²) < 4.78 is 7.42. The molecule has 4 rings (SSSR count). The topological polar surface area (TPSA) is 27.1 Å². The molecule has 4 aromatic rings. The fraction of sp³-hybridized carbons (Fsp3) is 0.105. The molecular formula is C19H16N2O. The average Bonchev–Trinajstić information content (AvgIpc) is 2.91. The zero-order valence-corrected chi connectivity index (χ0v) is 12.6. The quantitative estimate of drug-likeness (QED) is 0.546. The summed E-state index contributed by atoms with van der Waals surface area (Å²) >= 11 is 0. The van der Waals surface area contributed by atoms with Gasteiger partial charge in [0.2, 0.25) is 0 Å². The van der Waals surface area contributed by atoms with E-state index in [-0.39, 0.29) is 0 Å². The molecule has 0 amide bonds. The molecular weight excluding hydrogens is 272 g/mol. The molecule has 0 aliphatic carbocycles. The van der Waals surface area contributed by atoms with E-state index >= 15 is 0 Å². The highest BCUT2D eigenvalue weighted by Crippen LogP contribution is 2.28. The van der Waals surface area contributed by atoms with Gasteiger partial charge in [-0.2, -0.15) is 0 Å². The predicted octanol–water partition coefficient (Wildman–Crippen LogP) is 4.40. The largest absolute Gasteiger partial charge is 0.497 e. The van der Waals surface area contributed by atoms with Crippen LogP contribution in [0.2, 0.25) is 0 Å². The third-order valence-electron chi connectivity index (χ3n) is 4.09. The molecule has 1 aromatic heterocycles. The number of rotatable bonds is 2. The van der Waals surface area contributed by atoms with Gasteiger partial charge >= 0.3 is 0 Å². The van der Waals surface area contributed by atoms with Crippen LogP contribution in [0, 0.1) is 0 Å². The summed E-state index contributed by atoms with van der Waals surface area (Å²) in [6, 6.07) is 20.7. The molecule has 0 atom stereocenters. The van der Waals surface area contributed by atoms with Crippen molar-refractivity contribution >= 4 is 21.8 Å². The van der Waals surface area contributed by atoms with Crippen LogP contribution in [-0.2, 0) is 7.05 Å². The molecule has 3 aromatic carbocycles. The lowest BCUT2D eigenvalue weighted by atomic mass is 10.1. The van der Waals surface area contributed by atoms with Crippen molar-refractivity contribution in [2.45, 2.75) is 0 Å². The number of fused-ring (bicyclic) bond motifs is 2. The van der Waals surface area contributed by atoms with Crippen LogP contribution in [0.25, 0.3) is 33.2 Å². The highest BCUT2D eigenvalue weighted by Gasteiger charge is 2.10. The van der Waals surface area contributed by atoms with Crippen molar-refractivity contribution in [2.24, 2.45) is 7.05 Å². The smallest absolute Gasteiger partial charge is 0.140 e. The van der Waals surface area contributed by atoms with E-state index in [0.29, 0.717) is 0 Å². The Balaban J connectivity index is 1.90. The Morgan fingerprint density at radius 1 is 0.909 bits per heavy atom. The third kappa shape index (κ3) is 1.94. The molecule has 0 saturated heterocycles. The molecule has 22 heavy (non-hydrogen) atoms. The van der Waals surface area contributed by atoms with Gasteiger partial charge in [0.1, 0.15) is 11.6 Å². The standard InChI is InChI=1S/C19H16N2O/c1-21-18-6-4-3-5-17(18)20-19(21)15-8-7-14-12-16(22-2)10-9-13(14)11-15/h3-12H,1-2H3. The van der Waals surface area contributed by atoms with Gasteiger partial charge in [0.15, 0.2) is 0 Å². The van der Waals surface area contributed by atoms with Crippen LogP contribution in [0.4, 0.5) is 0 Å². The highest BCUT2D eigenvalue weighted by molar-refractivity contribution is 5.89. The van der Waals surface area contributed by atoms with Gasteiger partial charge < -0.3 is 9.30 Å². The number of ether oxygens (including phenoxy) is 1. The van der Waals surface area contributed by atoms with Crippen molar-refractivity contribution in [1.29, 1.82) is 0 Å². The summed E-state index contributed by atoms with van der Waals surface area (Å²) in [4.78, 5) is 4.76. The Morgan fingerprint density at radius 3 is 2.50 bits per heavy atom. The second-order valence-corrected chi connectivity index (χ2v) is 5.41. The lowest BCUT2D eigenvalue weighted by Gasteiger charge is -2.06. The Hall–Kier alpha value is -2.81. The molecule has 108 valence electrons. The summed E-state index contributed by atoms with van der Waals surface area (Å²) in [6.45, 7) is 0. The van der Waals surface area contributed by atoms with E-state index in [1.54, 1.807) is 7.11 Å². The van der Waals surface area contributed by atoms with E-state index in [4.69, 9.17) is 9.72 Å². The normalized spacial score (nSPS) is 11.2. The highest BCUT2D eigenvalue weighted by atomic mass is 16.5. The fourth-order valence-corrected chi connectivity index (χ4v) is 2.89. The zero-order valence-electron chi connectivity index (χ0n) is 12.6. The van der Waals surface area contributed by atoms with Crippen molar-refractivity contribution in [3.63, 3.8) is 0 Å². The van der Waals surface area contributed by atoms with Gasteiger partial charge in [-0.1, -0.05) is 30.3 Å². The lowest BCUT2D eigenvalue weighted by molar-refractivity contribution is 0.415. The fourth-order valence-electron chi connectivity index (χ4n) is 2.89. The molecule has 0 aliphatic heterocycles. The summed E-state index contributed by atoms with van der Waals surface area (Å²) in [6.07, 6.45) is 0. The molecule has 0 spiro atoms. The molecule has 0 N–H and O–H groups in total. The van der Waals surface area contributed by atoms with Crippen molar-refractivity contribution in [1.82, 2.24) is 9.55 Å². The number of imidazole rings is 1. The van der Waals surface area contributed by atoms with Gasteiger partial charge in [-0.15, -0.1) is 0 Å². The first kappa shape index (κ1) is 12.9. The summed E-state index contributed by atoms with van der Waals surface area (Å²) in [7, 11) is 3.75. The molecule has 3 heteroatoms. The van der Waals surface area contributed by atoms with E-state index in [9.17, 15) is 0 Å². The maximum absolute atomic E-state index is 5.28. The van der Waals surface area contributed by atoms with Gasteiger partial charge in [0.25, 0.3) is 0 Å². The molecule has 0 radical (unpaired) electrons. The number of aryl methyl sites for hydroxylation is 1. The van der Waals surface area contributed by atoms with Gasteiger partial charge in [-0.05, 0) is 41.1 Å². The SMILES string of the molecule is COc1ccc2cc(-c3nc4ccccc4n3C)ccc2c1. The Bertz CT molecular complexity index is 985. The number of nitrogens with zero attached hydrogens (tertiary/aromatic N) is 2. The van der Waals surface area contributed by atoms with E-state index in [0.717, 1.165) is 28.2 Å². The molecule has 0 fully saturated rings. The number of methoxy groups -OCH3 is 1. The minimum absolute atomic E-state index is 0.878. The van der Waals surface area contributed by atoms with E-state index in [1.807, 2.05) is 30.3 Å². The van der Waals surface area contributed by atoms with E-state index in [1.165, 1.54) is 10.8 Å². The number of para-hydroxylation sites is 2. The van der Waals surface area contributed by atoms with Gasteiger partial charge in [0, 0.05) is 12.6 Å². The summed E-state index contributed by atoms with van der Waals surface area (Å²) in [5.41, 5.74) is 3.29. The first-order chi connectivity index (χ1) is 10.8. The number of aromatic nitrogens is 2. The molecule has 0 aliphatic rings. The van der Waals surface area contributed by atoms with Crippen molar-refractivity contribution < 1.29 is 4.74 Å². The van der Waals surface area contributed by atoms with Crippen LogP contribution in [-0.4, -0.2) is 16.7 Å². The Kier molecular flexibility index (Phi) is 2.86. The lowest BCUT2D eigenvalue weighted by Crippen LogP contribution is -1.92. The maximum atomic E-state index is 5.28. The summed E-state index contributed by atoms with van der Waals surface area (Å²) in [5.74, 6) is 1.86. The van der Waals surface area contributed by atoms with E-state index < -0.39 is 0 Å². The second-order valence-electron chi connectivity index (χ2n) is 5.41. The molecule has 1 heterocycles. The minimum Gasteiger partial charge on any atom is -0.497 e. The first-order valence-corrected chi connectivity index (χ1v) is 7.26. The average molecular weight is 288 g/mol. The summed E-state index contributed by atoms with van der Waals surface area (Å²) in [5, 5.41) is 2.35. The van der Waals surface area contributed by atoms with Gasteiger partial charge in [-0.3, -0.25) is 0 Å². The predicted molar refractivity (Wildman–Crippen MR) is 90.2 cm³/mol. The monoisotopic (exact) mass is 288 g/mol.